The second-order valence-electron chi connectivity index (χ2n) is 2.94. The van der Waals surface area contributed by atoms with Gasteiger partial charge in [0.1, 0.15) is 12.4 Å². The molecule has 76 valence electrons. The molecule has 0 saturated carbocycles. The summed E-state index contributed by atoms with van der Waals surface area (Å²) in [5.74, 6) is 0.905. The number of hydrogen-bond acceptors (Lipinski definition) is 2. The average Bonchev–Trinajstić information content (AvgIpc) is 2.17. The summed E-state index contributed by atoms with van der Waals surface area (Å²) in [6.45, 7) is 5.03. The Morgan fingerprint density at radius 1 is 1.50 bits per heavy atom. The summed E-state index contributed by atoms with van der Waals surface area (Å²) in [6, 6.07) is 7.97. The molecule has 3 heteroatoms. The molecule has 14 heavy (non-hydrogen) atoms. The topological polar surface area (TPSA) is 21.3 Å². The number of rotatable bonds is 5. The lowest BCUT2D eigenvalue weighted by Crippen LogP contribution is -2.07. The summed E-state index contributed by atoms with van der Waals surface area (Å²) in [6.07, 6.45) is 0. The van der Waals surface area contributed by atoms with Gasteiger partial charge in [0, 0.05) is 16.6 Å². The lowest BCUT2D eigenvalue weighted by atomic mass is 10.2. The molecule has 2 nitrogen and oxygen atoms in total. The van der Waals surface area contributed by atoms with E-state index in [-0.39, 0.29) is 0 Å². The highest BCUT2D eigenvalue weighted by atomic mass is 79.9. The van der Waals surface area contributed by atoms with Gasteiger partial charge in [-0.15, -0.1) is 0 Å². The maximum Gasteiger partial charge on any atom is 0.124 e. The third-order valence-electron chi connectivity index (χ3n) is 1.72. The van der Waals surface area contributed by atoms with Crippen molar-refractivity contribution in [2.75, 3.05) is 13.7 Å². The standard InChI is InChI=1S/C11H14BrNO/c1-9(12)8-14-11-6-4-3-5-10(11)7-13-2/h3-6,13H,1,7-8H2,2H3. The van der Waals surface area contributed by atoms with E-state index >= 15 is 0 Å². The molecule has 0 fully saturated rings. The van der Waals surface area contributed by atoms with Gasteiger partial charge in [0.25, 0.3) is 0 Å². The van der Waals surface area contributed by atoms with Crippen molar-refractivity contribution < 1.29 is 4.74 Å². The van der Waals surface area contributed by atoms with Crippen molar-refractivity contribution >= 4 is 15.9 Å². The van der Waals surface area contributed by atoms with Gasteiger partial charge in [-0.1, -0.05) is 40.7 Å². The van der Waals surface area contributed by atoms with E-state index in [4.69, 9.17) is 4.74 Å². The van der Waals surface area contributed by atoms with Crippen molar-refractivity contribution in [1.82, 2.24) is 5.32 Å². The second-order valence-corrected chi connectivity index (χ2v) is 4.07. The number of ether oxygens (including phenoxy) is 1. The fourth-order valence-corrected chi connectivity index (χ4v) is 1.25. The Morgan fingerprint density at radius 3 is 2.86 bits per heavy atom. The van der Waals surface area contributed by atoms with Crippen LogP contribution in [-0.2, 0) is 6.54 Å². The highest BCUT2D eigenvalue weighted by Gasteiger charge is 2.01. The van der Waals surface area contributed by atoms with Gasteiger partial charge < -0.3 is 10.1 Å². The van der Waals surface area contributed by atoms with Gasteiger partial charge in [-0.05, 0) is 13.1 Å². The SMILES string of the molecule is C=C(Br)COc1ccccc1CNC. The van der Waals surface area contributed by atoms with E-state index < -0.39 is 0 Å². The minimum Gasteiger partial charge on any atom is -0.488 e. The van der Waals surface area contributed by atoms with Gasteiger partial charge >= 0.3 is 0 Å². The number of hydrogen-bond donors (Lipinski definition) is 1. The molecule has 0 spiro atoms. The molecule has 0 aliphatic rings. The summed E-state index contributed by atoms with van der Waals surface area (Å²) >= 11 is 3.26. The molecule has 0 atom stereocenters. The minimum absolute atomic E-state index is 0.501. The second kappa shape index (κ2) is 5.83. The number of benzene rings is 1. The molecular weight excluding hydrogens is 242 g/mol. The van der Waals surface area contributed by atoms with Crippen molar-refractivity contribution in [1.29, 1.82) is 0 Å². The summed E-state index contributed by atoms with van der Waals surface area (Å²) in [5.41, 5.74) is 1.16. The van der Waals surface area contributed by atoms with E-state index in [2.05, 4.69) is 27.8 Å². The first-order valence-corrected chi connectivity index (χ1v) is 5.22. The number of para-hydroxylation sites is 1. The molecule has 0 unspecified atom stereocenters. The van der Waals surface area contributed by atoms with E-state index in [1.54, 1.807) is 0 Å². The van der Waals surface area contributed by atoms with Crippen LogP contribution in [0.2, 0.25) is 0 Å². The van der Waals surface area contributed by atoms with Gasteiger partial charge in [0.2, 0.25) is 0 Å². The van der Waals surface area contributed by atoms with Crippen molar-refractivity contribution in [3.05, 3.63) is 40.9 Å². The Balaban J connectivity index is 2.68. The third-order valence-corrected chi connectivity index (χ3v) is 1.95. The quantitative estimate of drug-likeness (QED) is 0.874. The highest BCUT2D eigenvalue weighted by Crippen LogP contribution is 2.18. The van der Waals surface area contributed by atoms with Crippen LogP contribution >= 0.6 is 15.9 Å². The van der Waals surface area contributed by atoms with Crippen LogP contribution in [-0.4, -0.2) is 13.7 Å². The Bertz CT molecular complexity index is 312. The van der Waals surface area contributed by atoms with Crippen molar-refractivity contribution in [3.8, 4) is 5.75 Å². The molecular formula is C11H14BrNO. The van der Waals surface area contributed by atoms with Crippen molar-refractivity contribution in [2.24, 2.45) is 0 Å². The zero-order valence-corrected chi connectivity index (χ0v) is 9.80. The Labute approximate surface area is 93.1 Å². The molecule has 0 amide bonds. The molecule has 1 N–H and O–H groups in total. The first-order valence-electron chi connectivity index (χ1n) is 4.42. The van der Waals surface area contributed by atoms with Crippen LogP contribution in [0.1, 0.15) is 5.56 Å². The maximum absolute atomic E-state index is 5.56. The molecule has 1 aromatic carbocycles. The highest BCUT2D eigenvalue weighted by molar-refractivity contribution is 9.11. The van der Waals surface area contributed by atoms with Crippen molar-refractivity contribution in [3.63, 3.8) is 0 Å². The summed E-state index contributed by atoms with van der Waals surface area (Å²) < 4.78 is 6.41. The summed E-state index contributed by atoms with van der Waals surface area (Å²) in [7, 11) is 1.92. The monoisotopic (exact) mass is 255 g/mol. The molecule has 1 rings (SSSR count). The summed E-state index contributed by atoms with van der Waals surface area (Å²) in [5, 5.41) is 3.10. The normalized spacial score (nSPS) is 9.86. The van der Waals surface area contributed by atoms with Gasteiger partial charge in [-0.3, -0.25) is 0 Å². The largest absolute Gasteiger partial charge is 0.488 e. The van der Waals surface area contributed by atoms with Gasteiger partial charge in [0.05, 0.1) is 0 Å². The lowest BCUT2D eigenvalue weighted by molar-refractivity contribution is 0.356. The average molecular weight is 256 g/mol. The fourth-order valence-electron chi connectivity index (χ4n) is 1.14. The van der Waals surface area contributed by atoms with Gasteiger partial charge in [0.15, 0.2) is 0 Å². The van der Waals surface area contributed by atoms with Crippen LogP contribution in [0, 0.1) is 0 Å². The smallest absolute Gasteiger partial charge is 0.124 e. The van der Waals surface area contributed by atoms with E-state index in [0.717, 1.165) is 22.3 Å². The maximum atomic E-state index is 5.56. The zero-order chi connectivity index (χ0) is 10.4. The van der Waals surface area contributed by atoms with Crippen LogP contribution in [0.15, 0.2) is 35.3 Å². The first-order chi connectivity index (χ1) is 6.74. The Hall–Kier alpha value is -0.800. The van der Waals surface area contributed by atoms with Gasteiger partial charge in [-0.2, -0.15) is 0 Å². The number of nitrogens with one attached hydrogen (secondary N) is 1. The van der Waals surface area contributed by atoms with Crippen LogP contribution in [0.4, 0.5) is 0 Å². The molecule has 1 aromatic rings. The van der Waals surface area contributed by atoms with Crippen LogP contribution in [0.3, 0.4) is 0 Å². The van der Waals surface area contributed by atoms with E-state index in [9.17, 15) is 0 Å². The third kappa shape index (κ3) is 3.52. The van der Waals surface area contributed by atoms with Crippen LogP contribution < -0.4 is 10.1 Å². The van der Waals surface area contributed by atoms with Gasteiger partial charge in [-0.25, -0.2) is 0 Å². The molecule has 0 radical (unpaired) electrons. The minimum atomic E-state index is 0.501. The van der Waals surface area contributed by atoms with E-state index in [1.165, 1.54) is 0 Å². The Morgan fingerprint density at radius 2 is 2.21 bits per heavy atom. The molecule has 0 heterocycles. The molecule has 0 saturated heterocycles. The summed E-state index contributed by atoms with van der Waals surface area (Å²) in [4.78, 5) is 0. The molecule has 0 aliphatic carbocycles. The first kappa shape index (κ1) is 11.3. The Kier molecular flexibility index (Phi) is 4.70. The van der Waals surface area contributed by atoms with E-state index in [1.807, 2.05) is 31.3 Å². The lowest BCUT2D eigenvalue weighted by Gasteiger charge is -2.10. The van der Waals surface area contributed by atoms with Crippen LogP contribution in [0.25, 0.3) is 0 Å². The zero-order valence-electron chi connectivity index (χ0n) is 8.22. The predicted molar refractivity (Wildman–Crippen MR) is 62.8 cm³/mol. The molecule has 0 bridgehead atoms. The predicted octanol–water partition coefficient (Wildman–Crippen LogP) is 2.69. The van der Waals surface area contributed by atoms with Crippen molar-refractivity contribution in [2.45, 2.75) is 6.54 Å². The van der Waals surface area contributed by atoms with Crippen LogP contribution in [0.5, 0.6) is 5.75 Å². The molecule has 0 aliphatic heterocycles. The number of halogens is 1. The van der Waals surface area contributed by atoms with E-state index in [0.29, 0.717) is 6.61 Å². The molecule has 0 aromatic heterocycles. The fraction of sp³-hybridized carbons (Fsp3) is 0.273.